The van der Waals surface area contributed by atoms with Crippen LogP contribution >= 0.6 is 0 Å². The number of carbonyl (C=O) groups excluding carboxylic acids is 2. The van der Waals surface area contributed by atoms with Gasteiger partial charge in [0.05, 0.1) is 18.0 Å². The van der Waals surface area contributed by atoms with Crippen LogP contribution < -0.4 is 5.32 Å². The zero-order valence-corrected chi connectivity index (χ0v) is 19.1. The SMILES string of the molecule is Cc1c(C#N)c(NC(=O)CN2CCCC(C(=O)N(C)C)C2)n(Cc2ccc(F)cc2)c1C. The molecule has 0 spiro atoms. The molecule has 8 heteroatoms. The highest BCUT2D eigenvalue weighted by atomic mass is 19.1. The van der Waals surface area contributed by atoms with Crippen LogP contribution in [0, 0.1) is 36.9 Å². The molecule has 1 aliphatic heterocycles. The average Bonchev–Trinajstić information content (AvgIpc) is 2.98. The largest absolute Gasteiger partial charge is 0.349 e. The third-order valence-electron chi connectivity index (χ3n) is 6.12. The van der Waals surface area contributed by atoms with Crippen LogP contribution in [0.3, 0.4) is 0 Å². The molecule has 1 fully saturated rings. The summed E-state index contributed by atoms with van der Waals surface area (Å²) >= 11 is 0. The molecule has 0 radical (unpaired) electrons. The molecule has 1 atom stereocenters. The van der Waals surface area contributed by atoms with Gasteiger partial charge < -0.3 is 14.8 Å². The first-order chi connectivity index (χ1) is 15.2. The smallest absolute Gasteiger partial charge is 0.239 e. The number of amides is 2. The maximum Gasteiger partial charge on any atom is 0.239 e. The Balaban J connectivity index is 1.76. The number of hydrogen-bond acceptors (Lipinski definition) is 4. The highest BCUT2D eigenvalue weighted by Crippen LogP contribution is 2.27. The van der Waals surface area contributed by atoms with E-state index in [-0.39, 0.29) is 30.1 Å². The Morgan fingerprint density at radius 2 is 1.94 bits per heavy atom. The second-order valence-corrected chi connectivity index (χ2v) is 8.61. The first-order valence-corrected chi connectivity index (χ1v) is 10.8. The monoisotopic (exact) mass is 439 g/mol. The number of carbonyl (C=O) groups is 2. The highest BCUT2D eigenvalue weighted by molar-refractivity contribution is 5.93. The minimum Gasteiger partial charge on any atom is -0.349 e. The summed E-state index contributed by atoms with van der Waals surface area (Å²) in [6, 6.07) is 8.38. The predicted octanol–water partition coefficient (Wildman–Crippen LogP) is 2.90. The number of benzene rings is 1. The maximum absolute atomic E-state index is 13.3. The van der Waals surface area contributed by atoms with E-state index in [1.165, 1.54) is 12.1 Å². The Morgan fingerprint density at radius 3 is 2.56 bits per heavy atom. The number of anilines is 1. The third-order valence-corrected chi connectivity index (χ3v) is 6.12. The lowest BCUT2D eigenvalue weighted by atomic mass is 9.97. The van der Waals surface area contributed by atoms with Gasteiger partial charge in [0.25, 0.3) is 0 Å². The van der Waals surface area contributed by atoms with Crippen molar-refractivity contribution in [2.45, 2.75) is 33.2 Å². The van der Waals surface area contributed by atoms with Crippen molar-refractivity contribution in [2.24, 2.45) is 5.92 Å². The van der Waals surface area contributed by atoms with Crippen LogP contribution in [0.5, 0.6) is 0 Å². The van der Waals surface area contributed by atoms with Crippen molar-refractivity contribution < 1.29 is 14.0 Å². The molecule has 1 N–H and O–H groups in total. The molecule has 1 unspecified atom stereocenters. The highest BCUT2D eigenvalue weighted by Gasteiger charge is 2.28. The Morgan fingerprint density at radius 1 is 1.25 bits per heavy atom. The van der Waals surface area contributed by atoms with Crippen LogP contribution in [0.1, 0.15) is 35.2 Å². The minimum absolute atomic E-state index is 0.0845. The van der Waals surface area contributed by atoms with Gasteiger partial charge in [-0.2, -0.15) is 5.26 Å². The fraction of sp³-hybridized carbons (Fsp3) is 0.458. The molecule has 2 aromatic rings. The molecule has 7 nitrogen and oxygen atoms in total. The summed E-state index contributed by atoms with van der Waals surface area (Å²) in [5, 5.41) is 12.6. The van der Waals surface area contributed by atoms with E-state index in [0.29, 0.717) is 24.5 Å². The number of halogens is 1. The summed E-state index contributed by atoms with van der Waals surface area (Å²) in [6.07, 6.45) is 1.69. The molecule has 1 aromatic heterocycles. The van der Waals surface area contributed by atoms with E-state index in [1.54, 1.807) is 31.1 Å². The van der Waals surface area contributed by atoms with E-state index in [4.69, 9.17) is 0 Å². The van der Waals surface area contributed by atoms with Crippen LogP contribution in [0.25, 0.3) is 0 Å². The average molecular weight is 440 g/mol. The standard InChI is InChI=1S/C24H30FN5O2/c1-16-17(2)30(13-18-7-9-20(25)10-8-18)23(21(16)12-26)27-22(31)15-29-11-5-6-19(14-29)24(32)28(3)4/h7-10,19H,5-6,11,13-15H2,1-4H3,(H,27,31). The van der Waals surface area contributed by atoms with Crippen molar-refractivity contribution in [3.05, 3.63) is 52.5 Å². The third kappa shape index (κ3) is 5.17. The van der Waals surface area contributed by atoms with Crippen molar-refractivity contribution in [2.75, 3.05) is 39.0 Å². The van der Waals surface area contributed by atoms with E-state index in [9.17, 15) is 19.2 Å². The molecule has 170 valence electrons. The number of nitriles is 1. The van der Waals surface area contributed by atoms with Gasteiger partial charge in [0.15, 0.2) is 0 Å². The summed E-state index contributed by atoms with van der Waals surface area (Å²) in [6.45, 7) is 5.62. The number of piperidine rings is 1. The topological polar surface area (TPSA) is 81.4 Å². The maximum atomic E-state index is 13.3. The van der Waals surface area contributed by atoms with Gasteiger partial charge in [0.2, 0.25) is 11.8 Å². The van der Waals surface area contributed by atoms with Crippen LogP contribution in [-0.4, -0.2) is 59.9 Å². The summed E-state index contributed by atoms with van der Waals surface area (Å²) in [4.78, 5) is 28.8. The second kappa shape index (κ2) is 9.96. The van der Waals surface area contributed by atoms with Gasteiger partial charge in [-0.05, 0) is 56.5 Å². The van der Waals surface area contributed by atoms with Crippen LogP contribution in [0.4, 0.5) is 10.2 Å². The van der Waals surface area contributed by atoms with Crippen molar-refractivity contribution in [1.82, 2.24) is 14.4 Å². The minimum atomic E-state index is -0.312. The predicted molar refractivity (Wildman–Crippen MR) is 121 cm³/mol. The number of hydrogen-bond donors (Lipinski definition) is 1. The van der Waals surface area contributed by atoms with Gasteiger partial charge in [0.1, 0.15) is 17.7 Å². The number of rotatable bonds is 6. The zero-order valence-electron chi connectivity index (χ0n) is 19.1. The number of aromatic nitrogens is 1. The van der Waals surface area contributed by atoms with E-state index in [2.05, 4.69) is 11.4 Å². The van der Waals surface area contributed by atoms with Crippen molar-refractivity contribution in [1.29, 1.82) is 5.26 Å². The van der Waals surface area contributed by atoms with Crippen LogP contribution in [0.2, 0.25) is 0 Å². The summed E-state index contributed by atoms with van der Waals surface area (Å²) < 4.78 is 15.2. The lowest BCUT2D eigenvalue weighted by Gasteiger charge is -2.32. The quantitative estimate of drug-likeness (QED) is 0.751. The molecule has 1 aliphatic rings. The normalized spacial score (nSPS) is 16.4. The number of nitrogens with one attached hydrogen (secondary N) is 1. The van der Waals surface area contributed by atoms with E-state index >= 15 is 0 Å². The zero-order chi connectivity index (χ0) is 23.4. The molecular weight excluding hydrogens is 409 g/mol. The molecule has 3 rings (SSSR count). The van der Waals surface area contributed by atoms with Gasteiger partial charge >= 0.3 is 0 Å². The molecule has 2 amide bonds. The number of nitrogens with zero attached hydrogens (tertiary/aromatic N) is 4. The molecule has 1 aromatic carbocycles. The summed E-state index contributed by atoms with van der Waals surface area (Å²) in [5.41, 5.74) is 2.97. The van der Waals surface area contributed by atoms with E-state index in [1.807, 2.05) is 23.3 Å². The van der Waals surface area contributed by atoms with Gasteiger partial charge in [-0.3, -0.25) is 14.5 Å². The van der Waals surface area contributed by atoms with Gasteiger partial charge in [0, 0.05) is 32.9 Å². The van der Waals surface area contributed by atoms with E-state index < -0.39 is 0 Å². The molecular formula is C24H30FN5O2. The molecule has 0 aliphatic carbocycles. The fourth-order valence-corrected chi connectivity index (χ4v) is 4.24. The molecule has 32 heavy (non-hydrogen) atoms. The lowest BCUT2D eigenvalue weighted by molar-refractivity contribution is -0.135. The van der Waals surface area contributed by atoms with Crippen molar-refractivity contribution in [3.8, 4) is 6.07 Å². The van der Waals surface area contributed by atoms with Crippen molar-refractivity contribution >= 4 is 17.6 Å². The van der Waals surface area contributed by atoms with Crippen LogP contribution in [0.15, 0.2) is 24.3 Å². The van der Waals surface area contributed by atoms with E-state index in [0.717, 1.165) is 36.2 Å². The number of likely N-dealkylation sites (tertiary alicyclic amines) is 1. The molecule has 0 saturated carbocycles. The Kier molecular flexibility index (Phi) is 7.31. The van der Waals surface area contributed by atoms with Gasteiger partial charge in [-0.1, -0.05) is 12.1 Å². The van der Waals surface area contributed by atoms with Crippen LogP contribution in [-0.2, 0) is 16.1 Å². The summed E-state index contributed by atoms with van der Waals surface area (Å²) in [7, 11) is 3.49. The molecule has 0 bridgehead atoms. The second-order valence-electron chi connectivity index (χ2n) is 8.61. The molecule has 2 heterocycles. The van der Waals surface area contributed by atoms with Crippen molar-refractivity contribution in [3.63, 3.8) is 0 Å². The first-order valence-electron chi connectivity index (χ1n) is 10.8. The summed E-state index contributed by atoms with van der Waals surface area (Å²) in [5.74, 6) is -0.102. The fourth-order valence-electron chi connectivity index (χ4n) is 4.24. The Labute approximate surface area is 188 Å². The lowest BCUT2D eigenvalue weighted by Crippen LogP contribution is -2.45. The van der Waals surface area contributed by atoms with Gasteiger partial charge in [-0.25, -0.2) is 4.39 Å². The Bertz CT molecular complexity index is 1040. The van der Waals surface area contributed by atoms with Gasteiger partial charge in [-0.15, -0.1) is 0 Å². The first kappa shape index (κ1) is 23.5. The Hall–Kier alpha value is -3.18. The molecule has 1 saturated heterocycles.